The first-order valence-corrected chi connectivity index (χ1v) is 5.30. The van der Waals surface area contributed by atoms with E-state index in [1.807, 2.05) is 6.07 Å². The molecule has 0 bridgehead atoms. The molecule has 1 heterocycles. The molecule has 0 aliphatic rings. The lowest BCUT2D eigenvalue weighted by Crippen LogP contribution is -2.29. The summed E-state index contributed by atoms with van der Waals surface area (Å²) in [5.74, 6) is 0.804. The maximum absolute atomic E-state index is 8.99. The fourth-order valence-corrected chi connectivity index (χ4v) is 1.18. The summed E-state index contributed by atoms with van der Waals surface area (Å²) in [4.78, 5) is 4.09. The van der Waals surface area contributed by atoms with Crippen LogP contribution in [0.1, 0.15) is 6.92 Å². The van der Waals surface area contributed by atoms with Crippen molar-refractivity contribution in [2.24, 2.45) is 0 Å². The zero-order valence-corrected chi connectivity index (χ0v) is 9.46. The van der Waals surface area contributed by atoms with Gasteiger partial charge in [0, 0.05) is 25.8 Å². The molecule has 1 unspecified atom stereocenters. The lowest BCUT2D eigenvalue weighted by Gasteiger charge is -2.08. The molecule has 0 aliphatic carbocycles. The van der Waals surface area contributed by atoms with Gasteiger partial charge in [-0.15, -0.1) is 0 Å². The number of hydrogen-bond donors (Lipinski definition) is 3. The Balaban J connectivity index is 2.12. The molecule has 5 heteroatoms. The van der Waals surface area contributed by atoms with Gasteiger partial charge in [-0.05, 0) is 19.1 Å². The predicted octanol–water partition coefficient (Wildman–Crippen LogP) is 1.12. The summed E-state index contributed by atoms with van der Waals surface area (Å²) >= 11 is 5.70. The van der Waals surface area contributed by atoms with Crippen LogP contribution in [-0.4, -0.2) is 35.8 Å². The Morgan fingerprint density at radius 3 is 2.87 bits per heavy atom. The monoisotopic (exact) mass is 229 g/mol. The number of aliphatic hydroxyl groups excluding tert-OH is 1. The van der Waals surface area contributed by atoms with Crippen molar-refractivity contribution in [3.63, 3.8) is 0 Å². The first kappa shape index (κ1) is 12.2. The van der Waals surface area contributed by atoms with Crippen molar-refractivity contribution >= 4 is 17.4 Å². The molecule has 4 nitrogen and oxygen atoms in total. The van der Waals surface area contributed by atoms with Gasteiger partial charge >= 0.3 is 0 Å². The van der Waals surface area contributed by atoms with Crippen LogP contribution in [-0.2, 0) is 0 Å². The first-order chi connectivity index (χ1) is 7.18. The van der Waals surface area contributed by atoms with E-state index >= 15 is 0 Å². The summed E-state index contributed by atoms with van der Waals surface area (Å²) in [5, 5.41) is 15.9. The van der Waals surface area contributed by atoms with Crippen molar-refractivity contribution in [2.45, 2.75) is 13.0 Å². The maximum atomic E-state index is 8.99. The number of aromatic nitrogens is 1. The number of nitrogens with one attached hydrogen (secondary N) is 2. The van der Waals surface area contributed by atoms with Crippen molar-refractivity contribution in [3.8, 4) is 0 Å². The normalized spacial score (nSPS) is 12.5. The Bertz CT molecular complexity index is 277. The van der Waals surface area contributed by atoms with E-state index in [0.29, 0.717) is 11.6 Å². The standard InChI is InChI=1S/C10H16ClN3O/c1-8(15)6-12-4-5-13-10-3-2-9(11)7-14-10/h2-3,7-8,12,15H,4-6H2,1H3,(H,13,14). The minimum absolute atomic E-state index is 0.307. The van der Waals surface area contributed by atoms with Gasteiger partial charge in [0.25, 0.3) is 0 Å². The highest BCUT2D eigenvalue weighted by Gasteiger charge is 1.95. The zero-order valence-electron chi connectivity index (χ0n) is 8.70. The van der Waals surface area contributed by atoms with E-state index < -0.39 is 0 Å². The van der Waals surface area contributed by atoms with E-state index in [-0.39, 0.29) is 6.10 Å². The van der Waals surface area contributed by atoms with Crippen LogP contribution in [0.25, 0.3) is 0 Å². The summed E-state index contributed by atoms with van der Waals surface area (Å²) < 4.78 is 0. The van der Waals surface area contributed by atoms with Crippen molar-refractivity contribution in [1.82, 2.24) is 10.3 Å². The van der Waals surface area contributed by atoms with Crippen LogP contribution in [0.15, 0.2) is 18.3 Å². The Kier molecular flexibility index (Phi) is 5.39. The molecule has 0 saturated heterocycles. The predicted molar refractivity (Wildman–Crippen MR) is 62.3 cm³/mol. The van der Waals surface area contributed by atoms with Gasteiger partial charge in [-0.2, -0.15) is 0 Å². The van der Waals surface area contributed by atoms with Crippen molar-refractivity contribution in [1.29, 1.82) is 0 Å². The van der Waals surface area contributed by atoms with Gasteiger partial charge < -0.3 is 15.7 Å². The van der Waals surface area contributed by atoms with Crippen LogP contribution < -0.4 is 10.6 Å². The fraction of sp³-hybridized carbons (Fsp3) is 0.500. The molecule has 1 rings (SSSR count). The second-order valence-electron chi connectivity index (χ2n) is 3.34. The molecule has 1 atom stereocenters. The summed E-state index contributed by atoms with van der Waals surface area (Å²) in [5.41, 5.74) is 0. The van der Waals surface area contributed by atoms with Gasteiger partial charge in [0.15, 0.2) is 0 Å². The number of nitrogens with zero attached hydrogens (tertiary/aromatic N) is 1. The number of pyridine rings is 1. The van der Waals surface area contributed by atoms with E-state index in [1.54, 1.807) is 19.2 Å². The Morgan fingerprint density at radius 2 is 2.27 bits per heavy atom. The summed E-state index contributed by atoms with van der Waals surface area (Å²) in [6.45, 7) is 3.91. The highest BCUT2D eigenvalue weighted by atomic mass is 35.5. The maximum Gasteiger partial charge on any atom is 0.126 e. The zero-order chi connectivity index (χ0) is 11.1. The Labute approximate surface area is 94.7 Å². The molecule has 0 aromatic carbocycles. The van der Waals surface area contributed by atoms with Crippen molar-refractivity contribution in [3.05, 3.63) is 23.4 Å². The fourth-order valence-electron chi connectivity index (χ4n) is 1.07. The highest BCUT2D eigenvalue weighted by molar-refractivity contribution is 6.30. The third kappa shape index (κ3) is 5.57. The third-order valence-corrected chi connectivity index (χ3v) is 2.00. The van der Waals surface area contributed by atoms with E-state index in [1.165, 1.54) is 0 Å². The van der Waals surface area contributed by atoms with Crippen molar-refractivity contribution < 1.29 is 5.11 Å². The molecule has 0 aliphatic heterocycles. The lowest BCUT2D eigenvalue weighted by atomic mass is 10.4. The van der Waals surface area contributed by atoms with Crippen LogP contribution in [0, 0.1) is 0 Å². The number of aliphatic hydroxyl groups is 1. The molecule has 1 aromatic rings. The van der Waals surface area contributed by atoms with Gasteiger partial charge in [-0.1, -0.05) is 11.6 Å². The van der Waals surface area contributed by atoms with Crippen LogP contribution in [0.5, 0.6) is 0 Å². The van der Waals surface area contributed by atoms with E-state index in [4.69, 9.17) is 16.7 Å². The van der Waals surface area contributed by atoms with Crippen molar-refractivity contribution in [2.75, 3.05) is 25.0 Å². The van der Waals surface area contributed by atoms with Gasteiger partial charge in [-0.3, -0.25) is 0 Å². The average Bonchev–Trinajstić information content (AvgIpc) is 2.20. The molecule has 0 saturated carbocycles. The van der Waals surface area contributed by atoms with E-state index in [0.717, 1.165) is 18.9 Å². The first-order valence-electron chi connectivity index (χ1n) is 4.92. The smallest absolute Gasteiger partial charge is 0.126 e. The molecule has 0 spiro atoms. The minimum atomic E-state index is -0.307. The van der Waals surface area contributed by atoms with E-state index in [2.05, 4.69) is 15.6 Å². The van der Waals surface area contributed by atoms with Gasteiger partial charge in [0.2, 0.25) is 0 Å². The number of halogens is 1. The van der Waals surface area contributed by atoms with Crippen LogP contribution in [0.4, 0.5) is 5.82 Å². The highest BCUT2D eigenvalue weighted by Crippen LogP contribution is 2.08. The quantitative estimate of drug-likeness (QED) is 0.640. The van der Waals surface area contributed by atoms with E-state index in [9.17, 15) is 0 Å². The van der Waals surface area contributed by atoms with Crippen LogP contribution in [0.3, 0.4) is 0 Å². The largest absolute Gasteiger partial charge is 0.392 e. The summed E-state index contributed by atoms with van der Waals surface area (Å²) in [6.07, 6.45) is 1.30. The number of anilines is 1. The second-order valence-corrected chi connectivity index (χ2v) is 3.78. The van der Waals surface area contributed by atoms with Gasteiger partial charge in [0.1, 0.15) is 5.82 Å². The SMILES string of the molecule is CC(O)CNCCNc1ccc(Cl)cn1. The topological polar surface area (TPSA) is 57.2 Å². The summed E-state index contributed by atoms with van der Waals surface area (Å²) in [6, 6.07) is 3.62. The average molecular weight is 230 g/mol. The molecule has 15 heavy (non-hydrogen) atoms. The molecular formula is C10H16ClN3O. The van der Waals surface area contributed by atoms with Gasteiger partial charge in [-0.25, -0.2) is 4.98 Å². The molecule has 0 radical (unpaired) electrons. The molecule has 1 aromatic heterocycles. The van der Waals surface area contributed by atoms with Crippen LogP contribution in [0.2, 0.25) is 5.02 Å². The number of hydrogen-bond acceptors (Lipinski definition) is 4. The minimum Gasteiger partial charge on any atom is -0.392 e. The molecule has 3 N–H and O–H groups in total. The summed E-state index contributed by atoms with van der Waals surface area (Å²) in [7, 11) is 0. The molecule has 0 amide bonds. The second kappa shape index (κ2) is 6.61. The molecule has 84 valence electrons. The Hall–Kier alpha value is -0.840. The number of rotatable bonds is 6. The molecule has 0 fully saturated rings. The molecular weight excluding hydrogens is 214 g/mol. The lowest BCUT2D eigenvalue weighted by molar-refractivity contribution is 0.192. The van der Waals surface area contributed by atoms with Crippen LogP contribution >= 0.6 is 11.6 Å². The Morgan fingerprint density at radius 1 is 1.47 bits per heavy atom. The van der Waals surface area contributed by atoms with Gasteiger partial charge in [0.05, 0.1) is 11.1 Å². The third-order valence-electron chi connectivity index (χ3n) is 1.78.